The summed E-state index contributed by atoms with van der Waals surface area (Å²) in [5.41, 5.74) is 6.28. The molecule has 2 rings (SSSR count). The maximum atomic E-state index is 11.4. The van der Waals surface area contributed by atoms with Gasteiger partial charge in [0.25, 0.3) is 5.91 Å². The quantitative estimate of drug-likeness (QED) is 0.561. The molecule has 1 aromatic carbocycles. The molecule has 128 valence electrons. The first-order chi connectivity index (χ1) is 11.2. The second-order valence-corrected chi connectivity index (χ2v) is 6.73. The van der Waals surface area contributed by atoms with E-state index < -0.39 is 15.9 Å². The molecule has 24 heavy (non-hydrogen) atoms. The number of thiocarbonyl (C=S) groups is 1. The number of amides is 1. The summed E-state index contributed by atoms with van der Waals surface area (Å²) in [6.07, 6.45) is 1.61. The summed E-state index contributed by atoms with van der Waals surface area (Å²) in [7, 11) is -3.75. The van der Waals surface area contributed by atoms with Crippen LogP contribution >= 0.6 is 12.2 Å². The molecule has 2 aromatic rings. The molecule has 0 radical (unpaired) electrons. The smallest absolute Gasteiger partial charge is 0.271 e. The average Bonchev–Trinajstić information content (AvgIpc) is 2.90. The zero-order valence-electron chi connectivity index (χ0n) is 12.7. The Hall–Kier alpha value is -2.50. The summed E-state index contributed by atoms with van der Waals surface area (Å²) in [4.78, 5) is 11.4. The molecule has 1 aromatic heterocycles. The number of carbonyl (C=O) groups excluding carboxylic acids is 1. The lowest BCUT2D eigenvalue weighted by Crippen LogP contribution is -2.22. The second kappa shape index (κ2) is 6.95. The molecular weight excluding hydrogens is 352 g/mol. The Kier molecular flexibility index (Phi) is 5.17. The Labute approximate surface area is 144 Å². The van der Waals surface area contributed by atoms with Crippen molar-refractivity contribution in [2.75, 3.05) is 10.6 Å². The van der Waals surface area contributed by atoms with Crippen molar-refractivity contribution in [1.29, 1.82) is 0 Å². The number of rotatable bonds is 5. The van der Waals surface area contributed by atoms with Crippen molar-refractivity contribution in [3.63, 3.8) is 0 Å². The third-order valence-electron chi connectivity index (χ3n) is 3.01. The molecule has 6 N–H and O–H groups in total. The maximum Gasteiger partial charge on any atom is 0.271 e. The van der Waals surface area contributed by atoms with Gasteiger partial charge in [-0.2, -0.15) is 5.10 Å². The van der Waals surface area contributed by atoms with Crippen LogP contribution in [0.2, 0.25) is 0 Å². The van der Waals surface area contributed by atoms with E-state index in [-0.39, 0.29) is 15.7 Å². The highest BCUT2D eigenvalue weighted by molar-refractivity contribution is 7.89. The summed E-state index contributed by atoms with van der Waals surface area (Å²) >= 11 is 5.16. The van der Waals surface area contributed by atoms with Crippen LogP contribution < -0.4 is 21.5 Å². The fraction of sp³-hybridized carbons (Fsp3) is 0.154. The number of aryl methyl sites for hydroxylation is 1. The SMILES string of the molecule is CCn1cc(NC(=S)Nc2ccc(S(N)(=O)=O)cc2)c(C(N)=O)n1. The summed E-state index contributed by atoms with van der Waals surface area (Å²) in [6, 6.07) is 5.73. The van der Waals surface area contributed by atoms with Crippen LogP contribution in [0.5, 0.6) is 0 Å². The monoisotopic (exact) mass is 368 g/mol. The second-order valence-electron chi connectivity index (χ2n) is 4.76. The minimum atomic E-state index is -3.75. The number of sulfonamides is 1. The van der Waals surface area contributed by atoms with Gasteiger partial charge in [0.15, 0.2) is 10.8 Å². The molecule has 1 heterocycles. The number of carbonyl (C=O) groups is 1. The summed E-state index contributed by atoms with van der Waals surface area (Å²) in [5.74, 6) is -0.676. The average molecular weight is 368 g/mol. The first kappa shape index (κ1) is 17.8. The van der Waals surface area contributed by atoms with Gasteiger partial charge < -0.3 is 16.4 Å². The van der Waals surface area contributed by atoms with Crippen LogP contribution in [0.4, 0.5) is 11.4 Å². The molecule has 0 unspecified atom stereocenters. The van der Waals surface area contributed by atoms with Gasteiger partial charge in [0, 0.05) is 18.4 Å². The fourth-order valence-corrected chi connectivity index (χ4v) is 2.61. The summed E-state index contributed by atoms with van der Waals surface area (Å²) in [5, 5.41) is 15.0. The molecule has 0 atom stereocenters. The number of primary amides is 1. The number of benzene rings is 1. The van der Waals surface area contributed by atoms with E-state index in [1.54, 1.807) is 10.9 Å². The Morgan fingerprint density at radius 2 is 1.92 bits per heavy atom. The van der Waals surface area contributed by atoms with Crippen molar-refractivity contribution in [1.82, 2.24) is 9.78 Å². The highest BCUT2D eigenvalue weighted by Gasteiger charge is 2.15. The minimum Gasteiger partial charge on any atom is -0.364 e. The van der Waals surface area contributed by atoms with Crippen LogP contribution in [0, 0.1) is 0 Å². The number of primary sulfonamides is 1. The molecule has 0 spiro atoms. The van der Waals surface area contributed by atoms with Crippen molar-refractivity contribution in [3.05, 3.63) is 36.2 Å². The molecule has 1 amide bonds. The largest absolute Gasteiger partial charge is 0.364 e. The molecule has 0 bridgehead atoms. The van der Waals surface area contributed by atoms with Crippen molar-refractivity contribution in [3.8, 4) is 0 Å². The van der Waals surface area contributed by atoms with E-state index >= 15 is 0 Å². The van der Waals surface area contributed by atoms with Gasteiger partial charge in [0.05, 0.1) is 10.6 Å². The Balaban J connectivity index is 2.11. The lowest BCUT2D eigenvalue weighted by atomic mass is 10.3. The van der Waals surface area contributed by atoms with Crippen molar-refractivity contribution >= 4 is 44.6 Å². The number of nitrogens with zero attached hydrogens (tertiary/aromatic N) is 2. The Morgan fingerprint density at radius 3 is 2.42 bits per heavy atom. The number of anilines is 2. The van der Waals surface area contributed by atoms with Crippen LogP contribution in [0.25, 0.3) is 0 Å². The lowest BCUT2D eigenvalue weighted by molar-refractivity contribution is 0.0995. The molecule has 0 aliphatic carbocycles. The zero-order valence-corrected chi connectivity index (χ0v) is 14.3. The number of hydrogen-bond donors (Lipinski definition) is 4. The van der Waals surface area contributed by atoms with E-state index in [0.717, 1.165) is 0 Å². The van der Waals surface area contributed by atoms with E-state index in [9.17, 15) is 13.2 Å². The van der Waals surface area contributed by atoms with Gasteiger partial charge in [-0.05, 0) is 43.4 Å². The lowest BCUT2D eigenvalue weighted by Gasteiger charge is -2.10. The van der Waals surface area contributed by atoms with Gasteiger partial charge in [-0.1, -0.05) is 0 Å². The molecule has 0 aliphatic heterocycles. The minimum absolute atomic E-state index is 0.00726. The Morgan fingerprint density at radius 1 is 1.29 bits per heavy atom. The number of nitrogens with two attached hydrogens (primary N) is 2. The molecule has 11 heteroatoms. The summed E-state index contributed by atoms with van der Waals surface area (Å²) in [6.45, 7) is 2.43. The van der Waals surface area contributed by atoms with Gasteiger partial charge in [-0.3, -0.25) is 9.48 Å². The zero-order chi connectivity index (χ0) is 17.9. The molecule has 9 nitrogen and oxygen atoms in total. The first-order valence-corrected chi connectivity index (χ1v) is 8.74. The van der Waals surface area contributed by atoms with Crippen LogP contribution in [-0.2, 0) is 16.6 Å². The summed E-state index contributed by atoms with van der Waals surface area (Å²) < 4.78 is 24.0. The molecule has 0 fully saturated rings. The number of nitrogens with one attached hydrogen (secondary N) is 2. The van der Waals surface area contributed by atoms with Crippen molar-refractivity contribution in [2.45, 2.75) is 18.4 Å². The van der Waals surface area contributed by atoms with Crippen LogP contribution in [-0.4, -0.2) is 29.2 Å². The normalized spacial score (nSPS) is 11.1. The van der Waals surface area contributed by atoms with Crippen molar-refractivity contribution in [2.24, 2.45) is 10.9 Å². The Bertz CT molecular complexity index is 874. The van der Waals surface area contributed by atoms with Crippen LogP contribution in [0.3, 0.4) is 0 Å². The fourth-order valence-electron chi connectivity index (χ4n) is 1.87. The standard InChI is InChI=1S/C13H16N6O3S2/c1-2-19-7-10(11(18-19)12(14)20)17-13(23)16-8-3-5-9(6-4-8)24(15,21)22/h3-7H,2H2,1H3,(H2,14,20)(H2,15,21,22)(H2,16,17,23). The van der Waals surface area contributed by atoms with E-state index in [4.69, 9.17) is 23.1 Å². The third kappa shape index (κ3) is 4.28. The number of hydrogen-bond acceptors (Lipinski definition) is 5. The van der Waals surface area contributed by atoms with E-state index in [1.165, 1.54) is 24.3 Å². The van der Waals surface area contributed by atoms with Crippen molar-refractivity contribution < 1.29 is 13.2 Å². The molecule has 0 aliphatic rings. The maximum absolute atomic E-state index is 11.4. The predicted molar refractivity (Wildman–Crippen MR) is 94.1 cm³/mol. The van der Waals surface area contributed by atoms with E-state index in [0.29, 0.717) is 17.9 Å². The molecule has 0 saturated heterocycles. The predicted octanol–water partition coefficient (Wildman–Crippen LogP) is 0.458. The van der Waals surface area contributed by atoms with E-state index in [1.807, 2.05) is 6.92 Å². The van der Waals surface area contributed by atoms with E-state index in [2.05, 4.69) is 15.7 Å². The third-order valence-corrected chi connectivity index (χ3v) is 4.14. The van der Waals surface area contributed by atoms with Crippen LogP contribution in [0.1, 0.15) is 17.4 Å². The van der Waals surface area contributed by atoms with Gasteiger partial charge in [0.1, 0.15) is 0 Å². The van der Waals surface area contributed by atoms with Crippen LogP contribution in [0.15, 0.2) is 35.4 Å². The number of aromatic nitrogens is 2. The van der Waals surface area contributed by atoms with Gasteiger partial charge >= 0.3 is 0 Å². The van der Waals surface area contributed by atoms with Gasteiger partial charge in [-0.15, -0.1) is 0 Å². The van der Waals surface area contributed by atoms with Gasteiger partial charge in [0.2, 0.25) is 10.0 Å². The highest BCUT2D eigenvalue weighted by atomic mass is 32.2. The first-order valence-electron chi connectivity index (χ1n) is 6.79. The van der Waals surface area contributed by atoms with Gasteiger partial charge in [-0.25, -0.2) is 13.6 Å². The highest BCUT2D eigenvalue weighted by Crippen LogP contribution is 2.16. The topological polar surface area (TPSA) is 145 Å². The molecular formula is C13H16N6O3S2. The molecule has 0 saturated carbocycles.